The van der Waals surface area contributed by atoms with Crippen LogP contribution in [0.15, 0.2) is 47.1 Å². The van der Waals surface area contributed by atoms with Crippen molar-refractivity contribution in [2.75, 3.05) is 32.2 Å². The molecule has 1 spiro atoms. The van der Waals surface area contributed by atoms with Gasteiger partial charge in [-0.2, -0.15) is 0 Å². The van der Waals surface area contributed by atoms with E-state index in [-0.39, 0.29) is 5.41 Å². The Kier molecular flexibility index (Phi) is 4.71. The second-order valence-electron chi connectivity index (χ2n) is 11.0. The van der Waals surface area contributed by atoms with Crippen molar-refractivity contribution in [3.63, 3.8) is 0 Å². The van der Waals surface area contributed by atoms with Crippen LogP contribution in [0.3, 0.4) is 0 Å². The molecule has 4 atom stereocenters. The molecule has 2 saturated carbocycles. The summed E-state index contributed by atoms with van der Waals surface area (Å²) in [6, 6.07) is 9.07. The predicted molar refractivity (Wildman–Crippen MR) is 126 cm³/mol. The maximum atomic E-state index is 13.1. The van der Waals surface area contributed by atoms with Gasteiger partial charge in [0.25, 0.3) is 0 Å². The summed E-state index contributed by atoms with van der Waals surface area (Å²) in [7, 11) is 4.17. The Labute approximate surface area is 191 Å². The summed E-state index contributed by atoms with van der Waals surface area (Å²) in [5.41, 5.74) is 7.08. The van der Waals surface area contributed by atoms with Crippen molar-refractivity contribution in [1.29, 1.82) is 0 Å². The number of hydrogen-bond acceptors (Lipinski definition) is 4. The molecule has 0 N–H and O–H groups in total. The average Bonchev–Trinajstić information content (AvgIpc) is 3.37. The molecule has 170 valence electrons. The summed E-state index contributed by atoms with van der Waals surface area (Å²) >= 11 is 0. The summed E-state index contributed by atoms with van der Waals surface area (Å²) in [4.78, 5) is 15.3. The molecule has 0 aromatic heterocycles. The van der Waals surface area contributed by atoms with Crippen LogP contribution in [0.5, 0.6) is 0 Å². The Morgan fingerprint density at radius 3 is 2.47 bits per heavy atom. The van der Waals surface area contributed by atoms with Crippen LogP contribution in [0.2, 0.25) is 0 Å². The molecular formula is C28H35NO3. The van der Waals surface area contributed by atoms with Crippen LogP contribution in [0, 0.1) is 17.3 Å². The fourth-order valence-corrected chi connectivity index (χ4v) is 7.56. The van der Waals surface area contributed by atoms with Crippen molar-refractivity contribution in [2.24, 2.45) is 17.3 Å². The highest BCUT2D eigenvalue weighted by Gasteiger charge is 2.56. The van der Waals surface area contributed by atoms with Crippen LogP contribution in [0.4, 0.5) is 5.69 Å². The molecule has 5 aliphatic rings. The second-order valence-corrected chi connectivity index (χ2v) is 11.0. The summed E-state index contributed by atoms with van der Waals surface area (Å²) < 4.78 is 12.1. The molecule has 4 heteroatoms. The first kappa shape index (κ1) is 20.7. The Hall–Kier alpha value is -1.91. The van der Waals surface area contributed by atoms with E-state index in [0.717, 1.165) is 44.9 Å². The number of ketones is 1. The highest BCUT2D eigenvalue weighted by atomic mass is 16.7. The van der Waals surface area contributed by atoms with E-state index >= 15 is 0 Å². The van der Waals surface area contributed by atoms with Gasteiger partial charge in [0.1, 0.15) is 5.78 Å². The average molecular weight is 434 g/mol. The van der Waals surface area contributed by atoms with Crippen molar-refractivity contribution < 1.29 is 14.3 Å². The van der Waals surface area contributed by atoms with Gasteiger partial charge in [-0.05, 0) is 78.9 Å². The number of rotatable bonds is 2. The lowest BCUT2D eigenvalue weighted by molar-refractivity contribution is -0.128. The lowest BCUT2D eigenvalue weighted by Crippen LogP contribution is -2.44. The predicted octanol–water partition coefficient (Wildman–Crippen LogP) is 5.40. The number of ether oxygens (including phenoxy) is 2. The zero-order chi connectivity index (χ0) is 22.1. The minimum Gasteiger partial charge on any atom is -0.378 e. The topological polar surface area (TPSA) is 38.8 Å². The standard InChI is InChI=1S/C28H35NO3/c1-27-17-23(18-4-7-20(8-5-18)29(2)3)26-21-12-13-28(31-14-15-32-28)16-19(21)6-9-22(26)24(27)10-11-25(27)30/h4-5,7-8,16,22-24H,6,9-15,17H2,1-3H3. The molecule has 4 aliphatic carbocycles. The van der Waals surface area contributed by atoms with Crippen LogP contribution in [0.25, 0.3) is 0 Å². The van der Waals surface area contributed by atoms with Gasteiger partial charge in [-0.3, -0.25) is 4.79 Å². The first-order chi connectivity index (χ1) is 15.4. The normalized spacial score (nSPS) is 35.4. The molecule has 4 unspecified atom stereocenters. The quantitative estimate of drug-likeness (QED) is 0.626. The molecule has 1 aliphatic heterocycles. The van der Waals surface area contributed by atoms with E-state index in [4.69, 9.17) is 9.47 Å². The number of hydrogen-bond donors (Lipinski definition) is 0. The summed E-state index contributed by atoms with van der Waals surface area (Å²) in [5.74, 6) is 1.38. The zero-order valence-corrected chi connectivity index (χ0v) is 19.7. The maximum Gasteiger partial charge on any atom is 0.188 e. The van der Waals surface area contributed by atoms with Crippen molar-refractivity contribution in [3.8, 4) is 0 Å². The monoisotopic (exact) mass is 433 g/mol. The van der Waals surface area contributed by atoms with Crippen LogP contribution in [-0.4, -0.2) is 38.9 Å². The van der Waals surface area contributed by atoms with Gasteiger partial charge in [0.05, 0.1) is 13.2 Å². The molecule has 0 bridgehead atoms. The first-order valence-corrected chi connectivity index (χ1v) is 12.4. The number of benzene rings is 1. The number of carbonyl (C=O) groups excluding carboxylic acids is 1. The van der Waals surface area contributed by atoms with E-state index in [2.05, 4.69) is 56.3 Å². The minimum atomic E-state index is -0.485. The van der Waals surface area contributed by atoms with E-state index in [9.17, 15) is 4.79 Å². The summed E-state index contributed by atoms with van der Waals surface area (Å²) in [6.45, 7) is 3.67. The third-order valence-electron chi connectivity index (χ3n) is 9.19. The van der Waals surface area contributed by atoms with Gasteiger partial charge >= 0.3 is 0 Å². The van der Waals surface area contributed by atoms with E-state index in [0.29, 0.717) is 36.8 Å². The maximum absolute atomic E-state index is 13.1. The molecule has 1 saturated heterocycles. The number of anilines is 1. The third-order valence-corrected chi connectivity index (χ3v) is 9.19. The van der Waals surface area contributed by atoms with Gasteiger partial charge in [0.15, 0.2) is 5.79 Å². The molecule has 6 rings (SSSR count). The highest BCUT2D eigenvalue weighted by molar-refractivity contribution is 5.87. The second kappa shape index (κ2) is 7.30. The fraction of sp³-hybridized carbons (Fsp3) is 0.607. The van der Waals surface area contributed by atoms with E-state index in [1.54, 1.807) is 11.1 Å². The largest absolute Gasteiger partial charge is 0.378 e. The van der Waals surface area contributed by atoms with Crippen molar-refractivity contribution in [1.82, 2.24) is 0 Å². The number of nitrogens with zero attached hydrogens (tertiary/aromatic N) is 1. The molecule has 3 fully saturated rings. The van der Waals surface area contributed by atoms with E-state index < -0.39 is 5.79 Å². The van der Waals surface area contributed by atoms with Crippen molar-refractivity contribution in [3.05, 3.63) is 52.6 Å². The molecule has 1 heterocycles. The molecule has 1 aromatic carbocycles. The molecule has 32 heavy (non-hydrogen) atoms. The number of allylic oxidation sites excluding steroid dienone is 3. The lowest BCUT2D eigenvalue weighted by atomic mass is 9.53. The summed E-state index contributed by atoms with van der Waals surface area (Å²) in [5, 5.41) is 0. The Bertz CT molecular complexity index is 998. The minimum absolute atomic E-state index is 0.172. The van der Waals surface area contributed by atoms with Crippen LogP contribution in [0.1, 0.15) is 63.4 Å². The Morgan fingerprint density at radius 1 is 1.00 bits per heavy atom. The number of Topliss-reactive ketones (excluding diaryl/α,β-unsaturated/α-hetero) is 1. The molecular weight excluding hydrogens is 398 g/mol. The SMILES string of the molecule is CN(C)c1ccc(C2CC3(C)C(=O)CCC3C3CCC4=CC5(CCC4=C23)OCCO5)cc1. The van der Waals surface area contributed by atoms with Crippen LogP contribution < -0.4 is 4.90 Å². The van der Waals surface area contributed by atoms with Gasteiger partial charge in [-0.1, -0.05) is 24.6 Å². The lowest BCUT2D eigenvalue weighted by Gasteiger charge is -2.51. The molecule has 4 nitrogen and oxygen atoms in total. The van der Waals surface area contributed by atoms with Gasteiger partial charge in [0, 0.05) is 44.0 Å². The third kappa shape index (κ3) is 2.99. The molecule has 0 amide bonds. The molecule has 0 radical (unpaired) electrons. The zero-order valence-electron chi connectivity index (χ0n) is 19.7. The van der Waals surface area contributed by atoms with Gasteiger partial charge in [-0.25, -0.2) is 0 Å². The van der Waals surface area contributed by atoms with Gasteiger partial charge in [-0.15, -0.1) is 0 Å². The Balaban J connectivity index is 1.47. The Morgan fingerprint density at radius 2 is 1.75 bits per heavy atom. The van der Waals surface area contributed by atoms with Gasteiger partial charge < -0.3 is 14.4 Å². The van der Waals surface area contributed by atoms with E-state index in [1.807, 2.05) is 0 Å². The number of fused-ring (bicyclic) bond motifs is 4. The summed E-state index contributed by atoms with van der Waals surface area (Å²) in [6.07, 6.45) is 9.28. The molecule has 1 aromatic rings. The smallest absolute Gasteiger partial charge is 0.188 e. The fourth-order valence-electron chi connectivity index (χ4n) is 7.56. The van der Waals surface area contributed by atoms with Crippen LogP contribution >= 0.6 is 0 Å². The van der Waals surface area contributed by atoms with Crippen LogP contribution in [-0.2, 0) is 14.3 Å². The first-order valence-electron chi connectivity index (χ1n) is 12.4. The van der Waals surface area contributed by atoms with E-state index in [1.165, 1.54) is 16.8 Å². The number of carbonyl (C=O) groups is 1. The van der Waals surface area contributed by atoms with Crippen molar-refractivity contribution >= 4 is 11.5 Å². The van der Waals surface area contributed by atoms with Gasteiger partial charge in [0.2, 0.25) is 0 Å². The van der Waals surface area contributed by atoms with Crippen molar-refractivity contribution in [2.45, 2.75) is 63.6 Å². The highest BCUT2D eigenvalue weighted by Crippen LogP contribution is 2.63.